The van der Waals surface area contributed by atoms with Crippen molar-refractivity contribution in [2.75, 3.05) is 0 Å². The first-order valence-corrected chi connectivity index (χ1v) is 8.26. The van der Waals surface area contributed by atoms with E-state index >= 15 is 0 Å². The Bertz CT molecular complexity index is 1060. The maximum atomic E-state index is 4.67. The first-order chi connectivity index (χ1) is 11.1. The molecule has 5 heteroatoms. The summed E-state index contributed by atoms with van der Waals surface area (Å²) < 4.78 is 3.03. The van der Waals surface area contributed by atoms with Gasteiger partial charge in [-0.1, -0.05) is 12.1 Å². The van der Waals surface area contributed by atoms with E-state index in [2.05, 4.69) is 58.4 Å². The molecule has 0 spiro atoms. The third-order valence-electron chi connectivity index (χ3n) is 3.86. The molecule has 0 saturated carbocycles. The number of thiazole rings is 1. The minimum atomic E-state index is 0.912. The van der Waals surface area contributed by atoms with Gasteiger partial charge in [0.2, 0.25) is 0 Å². The van der Waals surface area contributed by atoms with Gasteiger partial charge in [-0.15, -0.1) is 11.3 Å². The first-order valence-electron chi connectivity index (χ1n) is 7.45. The van der Waals surface area contributed by atoms with Gasteiger partial charge in [0, 0.05) is 18.6 Å². The van der Waals surface area contributed by atoms with E-state index in [1.165, 1.54) is 10.3 Å². The first kappa shape index (κ1) is 14.1. The summed E-state index contributed by atoms with van der Waals surface area (Å²) in [5.41, 5.74) is 5.27. The minimum absolute atomic E-state index is 0.912. The summed E-state index contributed by atoms with van der Waals surface area (Å²) in [6.07, 6.45) is 5.98. The predicted octanol–water partition coefficient (Wildman–Crippen LogP) is 4.37. The van der Waals surface area contributed by atoms with Gasteiger partial charge in [0.15, 0.2) is 5.65 Å². The maximum Gasteiger partial charge on any atom is 0.157 e. The van der Waals surface area contributed by atoms with Crippen LogP contribution < -0.4 is 0 Å². The molecule has 1 aromatic carbocycles. The van der Waals surface area contributed by atoms with Crippen LogP contribution in [-0.4, -0.2) is 19.7 Å². The number of rotatable bonds is 2. The number of nitrogens with zero attached hydrogens (tertiary/aromatic N) is 4. The van der Waals surface area contributed by atoms with E-state index < -0.39 is 0 Å². The Morgan fingerprint density at radius 1 is 1.13 bits per heavy atom. The van der Waals surface area contributed by atoms with E-state index in [0.29, 0.717) is 0 Å². The van der Waals surface area contributed by atoms with Gasteiger partial charge in [-0.05, 0) is 49.2 Å². The largest absolute Gasteiger partial charge is 0.250 e. The van der Waals surface area contributed by atoms with E-state index in [4.69, 9.17) is 0 Å². The number of hydrogen-bond donors (Lipinski definition) is 0. The van der Waals surface area contributed by atoms with Gasteiger partial charge < -0.3 is 0 Å². The number of aryl methyl sites for hydroxylation is 3. The van der Waals surface area contributed by atoms with Gasteiger partial charge >= 0.3 is 0 Å². The quantitative estimate of drug-likeness (QED) is 0.551. The number of benzene rings is 1. The molecule has 0 unspecified atom stereocenters. The summed E-state index contributed by atoms with van der Waals surface area (Å²) in [6.45, 7) is 4.10. The smallest absolute Gasteiger partial charge is 0.157 e. The molecule has 23 heavy (non-hydrogen) atoms. The molecule has 3 heterocycles. The topological polar surface area (TPSA) is 43.6 Å². The second-order valence-corrected chi connectivity index (χ2v) is 6.77. The molecule has 0 amide bonds. The van der Waals surface area contributed by atoms with Gasteiger partial charge in [0.25, 0.3) is 0 Å². The Hall–Kier alpha value is -2.53. The van der Waals surface area contributed by atoms with E-state index in [-0.39, 0.29) is 0 Å². The van der Waals surface area contributed by atoms with E-state index in [1.807, 2.05) is 24.9 Å². The molecule has 0 aliphatic heterocycles. The summed E-state index contributed by atoms with van der Waals surface area (Å²) in [5, 5.41) is 6.51. The minimum Gasteiger partial charge on any atom is -0.250 e. The standard InChI is InChI=1S/C18H16N4S/c1-11-4-6-16-15(8-11)20-17(23-16)7-5-13-9-14-12(2)21-22(3)18(14)19-10-13/h4-10H,1-3H3/b7-5+. The summed E-state index contributed by atoms with van der Waals surface area (Å²) in [7, 11) is 1.92. The van der Waals surface area contributed by atoms with Gasteiger partial charge in [0.1, 0.15) is 5.01 Å². The molecule has 3 aromatic heterocycles. The van der Waals surface area contributed by atoms with Crippen molar-refractivity contribution >= 4 is 44.7 Å². The summed E-state index contributed by atoms with van der Waals surface area (Å²) in [4.78, 5) is 9.17. The van der Waals surface area contributed by atoms with Crippen LogP contribution in [-0.2, 0) is 7.05 Å². The van der Waals surface area contributed by atoms with E-state index in [9.17, 15) is 0 Å². The van der Waals surface area contributed by atoms with E-state index in [1.54, 1.807) is 11.3 Å². The number of fused-ring (bicyclic) bond motifs is 2. The second kappa shape index (κ2) is 5.28. The number of pyridine rings is 1. The zero-order valence-corrected chi connectivity index (χ0v) is 14.1. The predicted molar refractivity (Wildman–Crippen MR) is 96.5 cm³/mol. The molecule has 114 valence electrons. The van der Waals surface area contributed by atoms with Crippen LogP contribution in [0, 0.1) is 13.8 Å². The van der Waals surface area contributed by atoms with E-state index in [0.717, 1.165) is 32.8 Å². The van der Waals surface area contributed by atoms with Crippen molar-refractivity contribution in [2.45, 2.75) is 13.8 Å². The summed E-state index contributed by atoms with van der Waals surface area (Å²) in [6, 6.07) is 8.50. The third-order valence-corrected chi connectivity index (χ3v) is 4.86. The van der Waals surface area contributed by atoms with Crippen molar-refractivity contribution in [3.63, 3.8) is 0 Å². The van der Waals surface area contributed by atoms with Crippen LogP contribution in [0.2, 0.25) is 0 Å². The highest BCUT2D eigenvalue weighted by Crippen LogP contribution is 2.25. The molecule has 0 fully saturated rings. The highest BCUT2D eigenvalue weighted by Gasteiger charge is 2.06. The average molecular weight is 320 g/mol. The third kappa shape index (κ3) is 2.53. The SMILES string of the molecule is Cc1ccc2sc(/C=C/c3cnc4c(c3)c(C)nn4C)nc2c1. The van der Waals surface area contributed by atoms with Crippen LogP contribution in [0.4, 0.5) is 0 Å². The average Bonchev–Trinajstić information content (AvgIpc) is 3.06. The molecular formula is C18H16N4S. The Labute approximate surface area is 138 Å². The van der Waals surface area contributed by atoms with Crippen molar-refractivity contribution < 1.29 is 0 Å². The van der Waals surface area contributed by atoms with Crippen LogP contribution in [0.15, 0.2) is 30.5 Å². The highest BCUT2D eigenvalue weighted by atomic mass is 32.1. The zero-order valence-electron chi connectivity index (χ0n) is 13.2. The number of aromatic nitrogens is 4. The van der Waals surface area contributed by atoms with Gasteiger partial charge in [0.05, 0.1) is 15.9 Å². The monoisotopic (exact) mass is 320 g/mol. The fraction of sp³-hybridized carbons (Fsp3) is 0.167. The van der Waals surface area contributed by atoms with Crippen molar-refractivity contribution in [2.24, 2.45) is 7.05 Å². The molecule has 0 aliphatic carbocycles. The molecule has 0 atom stereocenters. The van der Waals surface area contributed by atoms with Gasteiger partial charge in [-0.3, -0.25) is 4.68 Å². The lowest BCUT2D eigenvalue weighted by Crippen LogP contribution is -1.91. The zero-order chi connectivity index (χ0) is 16.0. The Morgan fingerprint density at radius 3 is 2.87 bits per heavy atom. The van der Waals surface area contributed by atoms with Crippen molar-refractivity contribution in [3.8, 4) is 0 Å². The maximum absolute atomic E-state index is 4.67. The fourth-order valence-electron chi connectivity index (χ4n) is 2.71. The van der Waals surface area contributed by atoms with Crippen molar-refractivity contribution in [3.05, 3.63) is 52.3 Å². The molecule has 4 aromatic rings. The van der Waals surface area contributed by atoms with Crippen LogP contribution >= 0.6 is 11.3 Å². The normalized spacial score (nSPS) is 12.0. The molecule has 0 N–H and O–H groups in total. The Morgan fingerprint density at radius 2 is 2.00 bits per heavy atom. The van der Waals surface area contributed by atoms with Crippen LogP contribution in [0.5, 0.6) is 0 Å². The number of hydrogen-bond acceptors (Lipinski definition) is 4. The van der Waals surface area contributed by atoms with Crippen LogP contribution in [0.25, 0.3) is 33.4 Å². The van der Waals surface area contributed by atoms with Crippen molar-refractivity contribution in [1.82, 2.24) is 19.7 Å². The second-order valence-electron chi connectivity index (χ2n) is 5.71. The lowest BCUT2D eigenvalue weighted by molar-refractivity contribution is 0.774. The molecule has 0 saturated heterocycles. The lowest BCUT2D eigenvalue weighted by Gasteiger charge is -1.95. The van der Waals surface area contributed by atoms with Crippen LogP contribution in [0.3, 0.4) is 0 Å². The fourth-order valence-corrected chi connectivity index (χ4v) is 3.56. The van der Waals surface area contributed by atoms with Crippen molar-refractivity contribution in [1.29, 1.82) is 0 Å². The molecule has 4 nitrogen and oxygen atoms in total. The summed E-state index contributed by atoms with van der Waals surface area (Å²) >= 11 is 1.70. The van der Waals surface area contributed by atoms with Gasteiger partial charge in [-0.25, -0.2) is 9.97 Å². The highest BCUT2D eigenvalue weighted by molar-refractivity contribution is 7.19. The molecule has 4 rings (SSSR count). The Kier molecular flexibility index (Phi) is 3.23. The lowest BCUT2D eigenvalue weighted by atomic mass is 10.2. The molecule has 0 radical (unpaired) electrons. The molecular weight excluding hydrogens is 304 g/mol. The van der Waals surface area contributed by atoms with Gasteiger partial charge in [-0.2, -0.15) is 5.10 Å². The molecule has 0 bridgehead atoms. The van der Waals surface area contributed by atoms with Crippen LogP contribution in [0.1, 0.15) is 21.8 Å². The summed E-state index contributed by atoms with van der Waals surface area (Å²) in [5.74, 6) is 0. The Balaban J connectivity index is 1.70. The molecule has 0 aliphatic rings.